The molecule has 0 unspecified atom stereocenters. The lowest BCUT2D eigenvalue weighted by Crippen LogP contribution is -1.95. The minimum atomic E-state index is 0.887. The van der Waals surface area contributed by atoms with Crippen molar-refractivity contribution in [3.63, 3.8) is 0 Å². The van der Waals surface area contributed by atoms with Crippen LogP contribution in [0.5, 0.6) is 0 Å². The van der Waals surface area contributed by atoms with Gasteiger partial charge in [-0.25, -0.2) is 0 Å². The standard InChI is InChI=1S/C36H22BrNO/c37-27-21-31-28-13-7-8-14-35(28)39-36(31)34(22-27)38-32-17-15-25(23-9-3-1-4-10-23)19-29(32)30-20-26(16-18-33(30)38)24-11-5-2-6-12-24/h1-22H. The van der Waals surface area contributed by atoms with E-state index in [1.807, 2.05) is 12.1 Å². The molecule has 0 amide bonds. The van der Waals surface area contributed by atoms with Crippen LogP contribution in [0.2, 0.25) is 0 Å². The lowest BCUT2D eigenvalue weighted by molar-refractivity contribution is 0.666. The molecule has 0 fully saturated rings. The van der Waals surface area contributed by atoms with Gasteiger partial charge in [0.05, 0.1) is 16.7 Å². The number of furan rings is 1. The molecule has 0 atom stereocenters. The van der Waals surface area contributed by atoms with Gasteiger partial charge in [0.15, 0.2) is 5.58 Å². The largest absolute Gasteiger partial charge is 0.454 e. The minimum absolute atomic E-state index is 0.887. The number of hydrogen-bond donors (Lipinski definition) is 0. The van der Waals surface area contributed by atoms with Crippen LogP contribution in [-0.2, 0) is 0 Å². The van der Waals surface area contributed by atoms with E-state index in [4.69, 9.17) is 4.42 Å². The van der Waals surface area contributed by atoms with Crippen molar-refractivity contribution in [3.8, 4) is 27.9 Å². The van der Waals surface area contributed by atoms with Crippen molar-refractivity contribution >= 4 is 59.7 Å². The van der Waals surface area contributed by atoms with Gasteiger partial charge in [-0.3, -0.25) is 0 Å². The van der Waals surface area contributed by atoms with Crippen LogP contribution in [0.25, 0.3) is 71.7 Å². The lowest BCUT2D eigenvalue weighted by Gasteiger charge is -2.10. The second-order valence-electron chi connectivity index (χ2n) is 9.93. The highest BCUT2D eigenvalue weighted by molar-refractivity contribution is 9.10. The zero-order valence-electron chi connectivity index (χ0n) is 20.9. The van der Waals surface area contributed by atoms with Gasteiger partial charge < -0.3 is 8.98 Å². The third kappa shape index (κ3) is 3.54. The summed E-state index contributed by atoms with van der Waals surface area (Å²) in [6, 6.07) is 47.3. The monoisotopic (exact) mass is 563 g/mol. The number of rotatable bonds is 3. The Kier molecular flexibility index (Phi) is 5.01. The van der Waals surface area contributed by atoms with E-state index in [9.17, 15) is 0 Å². The van der Waals surface area contributed by atoms with Crippen molar-refractivity contribution in [1.29, 1.82) is 0 Å². The smallest absolute Gasteiger partial charge is 0.159 e. The van der Waals surface area contributed by atoms with E-state index < -0.39 is 0 Å². The van der Waals surface area contributed by atoms with E-state index >= 15 is 0 Å². The summed E-state index contributed by atoms with van der Waals surface area (Å²) in [5.74, 6) is 0. The SMILES string of the molecule is Brc1cc(-n2c3ccc(-c4ccccc4)cc3c3cc(-c4ccccc4)ccc32)c2oc3ccccc3c2c1. The summed E-state index contributed by atoms with van der Waals surface area (Å²) >= 11 is 3.80. The Morgan fingerprint density at radius 2 is 1.03 bits per heavy atom. The Morgan fingerprint density at radius 3 is 1.64 bits per heavy atom. The molecule has 39 heavy (non-hydrogen) atoms. The maximum atomic E-state index is 6.50. The van der Waals surface area contributed by atoms with E-state index in [-0.39, 0.29) is 0 Å². The van der Waals surface area contributed by atoms with Crippen molar-refractivity contribution in [2.24, 2.45) is 0 Å². The molecule has 0 saturated heterocycles. The molecule has 3 heteroatoms. The predicted octanol–water partition coefficient (Wildman–Crippen LogP) is 10.8. The Labute approximate surface area is 233 Å². The van der Waals surface area contributed by atoms with Gasteiger partial charge in [0, 0.05) is 26.0 Å². The van der Waals surface area contributed by atoms with Crippen LogP contribution in [-0.4, -0.2) is 4.57 Å². The first-order valence-corrected chi connectivity index (χ1v) is 13.8. The average Bonchev–Trinajstić information content (AvgIpc) is 3.53. The topological polar surface area (TPSA) is 18.1 Å². The second-order valence-corrected chi connectivity index (χ2v) is 10.8. The molecule has 0 aliphatic rings. The van der Waals surface area contributed by atoms with E-state index in [2.05, 4.69) is 142 Å². The van der Waals surface area contributed by atoms with Crippen LogP contribution in [0.1, 0.15) is 0 Å². The number of fused-ring (bicyclic) bond motifs is 6. The summed E-state index contributed by atoms with van der Waals surface area (Å²) in [5.41, 5.74) is 9.93. The van der Waals surface area contributed by atoms with Crippen molar-refractivity contribution in [1.82, 2.24) is 4.57 Å². The van der Waals surface area contributed by atoms with Crippen LogP contribution in [0.15, 0.2) is 142 Å². The highest BCUT2D eigenvalue weighted by Crippen LogP contribution is 2.41. The third-order valence-electron chi connectivity index (χ3n) is 7.64. The molecule has 6 aromatic carbocycles. The number of benzene rings is 6. The zero-order valence-corrected chi connectivity index (χ0v) is 22.5. The van der Waals surface area contributed by atoms with E-state index in [1.54, 1.807) is 0 Å². The first-order valence-electron chi connectivity index (χ1n) is 13.0. The summed E-state index contributed by atoms with van der Waals surface area (Å²) in [7, 11) is 0. The number of nitrogens with zero attached hydrogens (tertiary/aromatic N) is 1. The number of halogens is 1. The summed E-state index contributed by atoms with van der Waals surface area (Å²) < 4.78 is 9.88. The summed E-state index contributed by atoms with van der Waals surface area (Å²) in [6.07, 6.45) is 0. The fraction of sp³-hybridized carbons (Fsp3) is 0. The molecular weight excluding hydrogens is 542 g/mol. The van der Waals surface area contributed by atoms with Gasteiger partial charge in [-0.2, -0.15) is 0 Å². The Bertz CT molecular complexity index is 2070. The highest BCUT2D eigenvalue weighted by atomic mass is 79.9. The van der Waals surface area contributed by atoms with Crippen LogP contribution >= 0.6 is 15.9 Å². The molecule has 0 aliphatic heterocycles. The fourth-order valence-corrected chi connectivity index (χ4v) is 6.29. The van der Waals surface area contributed by atoms with E-state index in [1.165, 1.54) is 33.0 Å². The van der Waals surface area contributed by atoms with Crippen LogP contribution in [0, 0.1) is 0 Å². The van der Waals surface area contributed by atoms with Crippen LogP contribution in [0.3, 0.4) is 0 Å². The quantitative estimate of drug-likeness (QED) is 0.209. The van der Waals surface area contributed by atoms with Crippen molar-refractivity contribution in [2.45, 2.75) is 0 Å². The highest BCUT2D eigenvalue weighted by Gasteiger charge is 2.19. The summed E-state index contributed by atoms with van der Waals surface area (Å²) in [4.78, 5) is 0. The summed E-state index contributed by atoms with van der Waals surface area (Å²) in [5, 5.41) is 4.65. The summed E-state index contributed by atoms with van der Waals surface area (Å²) in [6.45, 7) is 0. The predicted molar refractivity (Wildman–Crippen MR) is 167 cm³/mol. The first kappa shape index (κ1) is 22.4. The van der Waals surface area contributed by atoms with Gasteiger partial charge in [-0.1, -0.05) is 107 Å². The maximum absolute atomic E-state index is 6.50. The fourth-order valence-electron chi connectivity index (χ4n) is 5.84. The Balaban J connectivity index is 1.48. The molecule has 184 valence electrons. The molecule has 2 heterocycles. The first-order chi connectivity index (χ1) is 19.2. The molecular formula is C36H22BrNO. The normalized spacial score (nSPS) is 11.7. The van der Waals surface area contributed by atoms with Gasteiger partial charge in [0.2, 0.25) is 0 Å². The van der Waals surface area contributed by atoms with Crippen LogP contribution in [0.4, 0.5) is 0 Å². The van der Waals surface area contributed by atoms with Gasteiger partial charge in [-0.15, -0.1) is 0 Å². The Morgan fingerprint density at radius 1 is 0.462 bits per heavy atom. The Hall–Kier alpha value is -4.60. The minimum Gasteiger partial charge on any atom is -0.454 e. The van der Waals surface area contributed by atoms with Gasteiger partial charge in [0.1, 0.15) is 5.58 Å². The van der Waals surface area contributed by atoms with Crippen molar-refractivity contribution in [2.75, 3.05) is 0 Å². The zero-order chi connectivity index (χ0) is 25.9. The number of para-hydroxylation sites is 1. The maximum Gasteiger partial charge on any atom is 0.159 e. The molecule has 8 rings (SSSR count). The molecule has 0 aliphatic carbocycles. The molecule has 0 saturated carbocycles. The molecule has 0 radical (unpaired) electrons. The molecule has 0 bridgehead atoms. The van der Waals surface area contributed by atoms with Gasteiger partial charge in [0.25, 0.3) is 0 Å². The van der Waals surface area contributed by atoms with Crippen LogP contribution < -0.4 is 0 Å². The number of aromatic nitrogens is 1. The number of hydrogen-bond acceptors (Lipinski definition) is 1. The third-order valence-corrected chi connectivity index (χ3v) is 8.10. The van der Waals surface area contributed by atoms with Gasteiger partial charge in [-0.05, 0) is 64.7 Å². The van der Waals surface area contributed by atoms with Crippen molar-refractivity contribution < 1.29 is 4.42 Å². The lowest BCUT2D eigenvalue weighted by atomic mass is 10.0. The van der Waals surface area contributed by atoms with Gasteiger partial charge >= 0.3 is 0 Å². The molecule has 8 aromatic rings. The molecule has 2 nitrogen and oxygen atoms in total. The molecule has 0 N–H and O–H groups in total. The van der Waals surface area contributed by atoms with E-state index in [0.717, 1.165) is 43.1 Å². The van der Waals surface area contributed by atoms with Crippen molar-refractivity contribution in [3.05, 3.63) is 138 Å². The van der Waals surface area contributed by atoms with E-state index in [0.29, 0.717) is 0 Å². The average molecular weight is 564 g/mol. The molecule has 0 spiro atoms. The molecule has 2 aromatic heterocycles. The second kappa shape index (κ2) is 8.72.